The number of rotatable bonds is 2. The number of hydrogen-bond donors (Lipinski definition) is 0. The van der Waals surface area contributed by atoms with Crippen molar-refractivity contribution in [3.63, 3.8) is 0 Å². The van der Waals surface area contributed by atoms with Crippen LogP contribution in [0.3, 0.4) is 0 Å². The molecule has 0 atom stereocenters. The molecule has 1 aromatic heterocycles. The summed E-state index contributed by atoms with van der Waals surface area (Å²) < 4.78 is 29.1. The number of ether oxygens (including phenoxy) is 1. The molecular formula is C8H6ClF2NO2. The molecule has 0 aromatic carbocycles. The Balaban J connectivity index is 3.22. The van der Waals surface area contributed by atoms with Gasteiger partial charge >= 0.3 is 5.97 Å². The van der Waals surface area contributed by atoms with Gasteiger partial charge < -0.3 is 4.74 Å². The summed E-state index contributed by atoms with van der Waals surface area (Å²) in [5.74, 6) is -0.857. The zero-order valence-electron chi connectivity index (χ0n) is 7.13. The number of nitrogens with zero attached hydrogens (tertiary/aromatic N) is 1. The summed E-state index contributed by atoms with van der Waals surface area (Å²) in [5, 5.41) is -0.0326. The molecule has 1 aromatic rings. The van der Waals surface area contributed by atoms with Crippen LogP contribution in [0, 0.1) is 0 Å². The molecule has 0 amide bonds. The maximum absolute atomic E-state index is 12.4. The molecule has 0 fully saturated rings. The van der Waals surface area contributed by atoms with Gasteiger partial charge in [0.15, 0.2) is 0 Å². The molecule has 0 saturated heterocycles. The summed E-state index contributed by atoms with van der Waals surface area (Å²) in [6, 6.07) is 1.05. The lowest BCUT2D eigenvalue weighted by molar-refractivity contribution is 0.0589. The van der Waals surface area contributed by atoms with Gasteiger partial charge in [-0.05, 0) is 6.07 Å². The number of aromatic nitrogens is 1. The molecule has 0 saturated carbocycles. The molecule has 0 aliphatic rings. The molecule has 0 bridgehead atoms. The van der Waals surface area contributed by atoms with Crippen LogP contribution in [0.15, 0.2) is 12.3 Å². The van der Waals surface area contributed by atoms with E-state index in [0.717, 1.165) is 19.4 Å². The maximum Gasteiger partial charge on any atom is 0.338 e. The van der Waals surface area contributed by atoms with Gasteiger partial charge in [0.1, 0.15) is 5.15 Å². The van der Waals surface area contributed by atoms with E-state index in [1.165, 1.54) is 0 Å². The number of carbonyl (C=O) groups is 1. The minimum absolute atomic E-state index is 0.0326. The van der Waals surface area contributed by atoms with Crippen LogP contribution in [0.1, 0.15) is 22.3 Å². The van der Waals surface area contributed by atoms with Crippen LogP contribution in [0.25, 0.3) is 0 Å². The number of hydrogen-bond acceptors (Lipinski definition) is 3. The smallest absolute Gasteiger partial charge is 0.338 e. The Morgan fingerprint density at radius 1 is 1.64 bits per heavy atom. The number of esters is 1. The first-order valence-electron chi connectivity index (χ1n) is 3.58. The average molecular weight is 222 g/mol. The molecular weight excluding hydrogens is 216 g/mol. The molecule has 14 heavy (non-hydrogen) atoms. The maximum atomic E-state index is 12.4. The fourth-order valence-corrected chi connectivity index (χ4v) is 1.06. The topological polar surface area (TPSA) is 39.2 Å². The second-order valence-corrected chi connectivity index (χ2v) is 2.77. The zero-order valence-corrected chi connectivity index (χ0v) is 7.89. The normalized spacial score (nSPS) is 10.4. The predicted molar refractivity (Wildman–Crippen MR) is 45.5 cm³/mol. The van der Waals surface area contributed by atoms with E-state index in [-0.39, 0.29) is 10.7 Å². The second-order valence-electron chi connectivity index (χ2n) is 2.39. The van der Waals surface area contributed by atoms with Crippen molar-refractivity contribution in [3.8, 4) is 0 Å². The minimum atomic E-state index is -2.78. The largest absolute Gasteiger partial charge is 0.465 e. The quantitative estimate of drug-likeness (QED) is 0.569. The Bertz CT molecular complexity index is 357. The van der Waals surface area contributed by atoms with Gasteiger partial charge in [-0.25, -0.2) is 18.6 Å². The fraction of sp³-hybridized carbons (Fsp3) is 0.250. The summed E-state index contributed by atoms with van der Waals surface area (Å²) >= 11 is 5.46. The van der Waals surface area contributed by atoms with Gasteiger partial charge in [0.2, 0.25) is 0 Å². The number of methoxy groups -OCH3 is 1. The molecule has 0 radical (unpaired) electrons. The highest BCUT2D eigenvalue weighted by molar-refractivity contribution is 6.29. The van der Waals surface area contributed by atoms with Gasteiger partial charge in [-0.15, -0.1) is 0 Å². The molecule has 0 N–H and O–H groups in total. The van der Waals surface area contributed by atoms with Crippen LogP contribution in [0.4, 0.5) is 8.78 Å². The van der Waals surface area contributed by atoms with E-state index in [4.69, 9.17) is 11.6 Å². The van der Waals surface area contributed by atoms with Crippen LogP contribution >= 0.6 is 11.6 Å². The van der Waals surface area contributed by atoms with E-state index in [1.54, 1.807) is 0 Å². The molecule has 1 heterocycles. The van der Waals surface area contributed by atoms with Crippen LogP contribution < -0.4 is 0 Å². The Hall–Kier alpha value is -1.23. The Morgan fingerprint density at radius 3 is 2.79 bits per heavy atom. The highest BCUT2D eigenvalue weighted by Gasteiger charge is 2.19. The number of carbonyl (C=O) groups excluding carboxylic acids is 1. The van der Waals surface area contributed by atoms with Crippen LogP contribution in [0.2, 0.25) is 5.15 Å². The van der Waals surface area contributed by atoms with Crippen molar-refractivity contribution in [1.29, 1.82) is 0 Å². The van der Waals surface area contributed by atoms with Crippen molar-refractivity contribution < 1.29 is 18.3 Å². The summed E-state index contributed by atoms with van der Waals surface area (Å²) in [4.78, 5) is 14.5. The summed E-state index contributed by atoms with van der Waals surface area (Å²) in [6.07, 6.45) is -1.92. The first-order valence-corrected chi connectivity index (χ1v) is 3.96. The zero-order chi connectivity index (χ0) is 10.7. The second kappa shape index (κ2) is 4.32. The van der Waals surface area contributed by atoms with E-state index < -0.39 is 18.0 Å². The number of pyridine rings is 1. The Labute approximate surface area is 83.7 Å². The van der Waals surface area contributed by atoms with Gasteiger partial charge in [0, 0.05) is 6.20 Å². The van der Waals surface area contributed by atoms with Gasteiger partial charge in [0.25, 0.3) is 6.43 Å². The molecule has 0 aliphatic heterocycles. The third kappa shape index (κ3) is 2.17. The van der Waals surface area contributed by atoms with Crippen molar-refractivity contribution >= 4 is 17.6 Å². The SMILES string of the molecule is COC(=O)c1cc(Cl)ncc1C(F)F. The highest BCUT2D eigenvalue weighted by Crippen LogP contribution is 2.24. The lowest BCUT2D eigenvalue weighted by Gasteiger charge is -2.06. The Kier molecular flexibility index (Phi) is 3.35. The van der Waals surface area contributed by atoms with Crippen molar-refractivity contribution in [2.45, 2.75) is 6.43 Å². The first kappa shape index (κ1) is 10.8. The number of halogens is 3. The minimum Gasteiger partial charge on any atom is -0.465 e. The number of alkyl halides is 2. The Morgan fingerprint density at radius 2 is 2.29 bits per heavy atom. The van der Waals surface area contributed by atoms with Crippen molar-refractivity contribution in [2.24, 2.45) is 0 Å². The van der Waals surface area contributed by atoms with Gasteiger partial charge in [-0.3, -0.25) is 0 Å². The molecule has 3 nitrogen and oxygen atoms in total. The van der Waals surface area contributed by atoms with E-state index in [9.17, 15) is 13.6 Å². The molecule has 0 unspecified atom stereocenters. The highest BCUT2D eigenvalue weighted by atomic mass is 35.5. The van der Waals surface area contributed by atoms with Crippen molar-refractivity contribution in [3.05, 3.63) is 28.5 Å². The van der Waals surface area contributed by atoms with E-state index in [1.807, 2.05) is 0 Å². The van der Waals surface area contributed by atoms with Crippen LogP contribution in [-0.4, -0.2) is 18.1 Å². The van der Waals surface area contributed by atoms with E-state index >= 15 is 0 Å². The van der Waals surface area contributed by atoms with E-state index in [0.29, 0.717) is 0 Å². The van der Waals surface area contributed by atoms with Crippen molar-refractivity contribution in [1.82, 2.24) is 4.98 Å². The molecule has 6 heteroatoms. The fourth-order valence-electron chi connectivity index (χ4n) is 0.901. The third-order valence-electron chi connectivity index (χ3n) is 1.54. The summed E-state index contributed by atoms with van der Waals surface area (Å²) in [7, 11) is 1.10. The van der Waals surface area contributed by atoms with Crippen LogP contribution in [-0.2, 0) is 4.74 Å². The predicted octanol–water partition coefficient (Wildman–Crippen LogP) is 2.46. The lowest BCUT2D eigenvalue weighted by atomic mass is 10.1. The monoisotopic (exact) mass is 221 g/mol. The van der Waals surface area contributed by atoms with Gasteiger partial charge in [0.05, 0.1) is 18.2 Å². The first-order chi connectivity index (χ1) is 6.56. The molecule has 1 rings (SSSR count). The molecule has 0 aliphatic carbocycles. The third-order valence-corrected chi connectivity index (χ3v) is 1.75. The standard InChI is InChI=1S/C8H6ClF2NO2/c1-14-8(13)4-2-6(9)12-3-5(4)7(10)11/h2-3,7H,1H3. The van der Waals surface area contributed by atoms with Crippen LogP contribution in [0.5, 0.6) is 0 Å². The molecule has 0 spiro atoms. The lowest BCUT2D eigenvalue weighted by Crippen LogP contribution is -2.06. The van der Waals surface area contributed by atoms with Crippen molar-refractivity contribution in [2.75, 3.05) is 7.11 Å². The van der Waals surface area contributed by atoms with Gasteiger partial charge in [-0.2, -0.15) is 0 Å². The summed E-state index contributed by atoms with van der Waals surface area (Å²) in [5.41, 5.74) is -0.747. The molecule has 76 valence electrons. The average Bonchev–Trinajstić information content (AvgIpc) is 2.16. The van der Waals surface area contributed by atoms with Gasteiger partial charge in [-0.1, -0.05) is 11.6 Å². The summed E-state index contributed by atoms with van der Waals surface area (Å²) in [6.45, 7) is 0. The van der Waals surface area contributed by atoms with E-state index in [2.05, 4.69) is 9.72 Å².